The molecular formula is C52H83NO5. The highest BCUT2D eigenvalue weighted by Gasteiger charge is 2.23. The van der Waals surface area contributed by atoms with E-state index in [4.69, 9.17) is 4.74 Å². The van der Waals surface area contributed by atoms with Gasteiger partial charge < -0.3 is 20.3 Å². The minimum atomic E-state index is -0.833. The molecule has 0 radical (unpaired) electrons. The molecule has 1 amide bonds. The molecule has 6 nitrogen and oxygen atoms in total. The number of amides is 1. The lowest BCUT2D eigenvalue weighted by Gasteiger charge is -2.23. The Hall–Kier alpha value is -3.74. The second-order valence-corrected chi connectivity index (χ2v) is 14.8. The zero-order chi connectivity index (χ0) is 42.4. The number of allylic oxidation sites excluding steroid dienone is 19. The molecule has 58 heavy (non-hydrogen) atoms. The van der Waals surface area contributed by atoms with E-state index in [1.807, 2.05) is 54.7 Å². The molecule has 0 aliphatic heterocycles. The fraction of sp³-hybridized carbons (Fsp3) is 0.577. The summed E-state index contributed by atoms with van der Waals surface area (Å²) in [7, 11) is 0. The van der Waals surface area contributed by atoms with Crippen LogP contribution in [0, 0.1) is 0 Å². The lowest BCUT2D eigenvalue weighted by atomic mass is 10.0. The van der Waals surface area contributed by atoms with Crippen molar-refractivity contribution < 1.29 is 24.5 Å². The number of carbonyl (C=O) groups is 2. The van der Waals surface area contributed by atoms with Gasteiger partial charge in [0, 0.05) is 6.42 Å². The molecule has 0 aromatic heterocycles. The van der Waals surface area contributed by atoms with E-state index >= 15 is 0 Å². The predicted molar refractivity (Wildman–Crippen MR) is 250 cm³/mol. The molecule has 6 heteroatoms. The molecule has 0 aromatic carbocycles. The first kappa shape index (κ1) is 54.3. The average molecular weight is 802 g/mol. The number of hydrogen-bond acceptors (Lipinski definition) is 5. The Kier molecular flexibility index (Phi) is 41.5. The first-order chi connectivity index (χ1) is 28.5. The first-order valence-electron chi connectivity index (χ1n) is 22.8. The molecule has 0 spiro atoms. The Morgan fingerprint density at radius 1 is 0.552 bits per heavy atom. The minimum Gasteiger partial charge on any atom is -0.458 e. The van der Waals surface area contributed by atoms with Crippen molar-refractivity contribution in [1.29, 1.82) is 0 Å². The summed E-state index contributed by atoms with van der Waals surface area (Å²) in [6, 6.07) is -0.757. The molecule has 0 aromatic rings. The van der Waals surface area contributed by atoms with Gasteiger partial charge in [-0.05, 0) is 70.3 Å². The minimum absolute atomic E-state index is 0.0718. The Balaban J connectivity index is 4.90. The zero-order valence-corrected chi connectivity index (χ0v) is 36.9. The van der Waals surface area contributed by atoms with Gasteiger partial charge in [0.25, 0.3) is 0 Å². The van der Waals surface area contributed by atoms with Crippen molar-refractivity contribution in [3.63, 3.8) is 0 Å². The van der Waals surface area contributed by atoms with Crippen molar-refractivity contribution in [2.45, 2.75) is 187 Å². The zero-order valence-electron chi connectivity index (χ0n) is 36.9. The molecule has 0 aliphatic rings. The molecule has 0 fully saturated rings. The summed E-state index contributed by atoms with van der Waals surface area (Å²) in [5.41, 5.74) is 0. The molecule has 3 unspecified atom stereocenters. The van der Waals surface area contributed by atoms with Gasteiger partial charge in [0.15, 0.2) is 0 Å². The smallest absolute Gasteiger partial charge is 0.306 e. The van der Waals surface area contributed by atoms with Gasteiger partial charge in [-0.1, -0.05) is 207 Å². The van der Waals surface area contributed by atoms with E-state index in [2.05, 4.69) is 86.8 Å². The van der Waals surface area contributed by atoms with Crippen LogP contribution in [0.2, 0.25) is 0 Å². The van der Waals surface area contributed by atoms with Crippen molar-refractivity contribution in [2.75, 3.05) is 6.61 Å². The molecular weight excluding hydrogens is 719 g/mol. The molecule has 3 N–H and O–H groups in total. The molecule has 3 atom stereocenters. The lowest BCUT2D eigenvalue weighted by molar-refractivity contribution is -0.148. The van der Waals surface area contributed by atoms with E-state index in [-0.39, 0.29) is 31.3 Å². The summed E-state index contributed by atoms with van der Waals surface area (Å²) in [5.74, 6) is -0.695. The fourth-order valence-corrected chi connectivity index (χ4v) is 6.00. The van der Waals surface area contributed by atoms with Crippen molar-refractivity contribution in [3.05, 3.63) is 122 Å². The summed E-state index contributed by atoms with van der Waals surface area (Å²) in [5, 5.41) is 23.5. The third-order valence-electron chi connectivity index (χ3n) is 9.41. The van der Waals surface area contributed by atoms with Crippen LogP contribution in [0.15, 0.2) is 122 Å². The van der Waals surface area contributed by atoms with E-state index in [0.29, 0.717) is 19.3 Å². The van der Waals surface area contributed by atoms with Crippen LogP contribution < -0.4 is 5.32 Å². The number of hydrogen-bond donors (Lipinski definition) is 3. The van der Waals surface area contributed by atoms with Crippen LogP contribution in [0.4, 0.5) is 0 Å². The molecule has 326 valence electrons. The van der Waals surface area contributed by atoms with E-state index in [1.54, 1.807) is 6.08 Å². The van der Waals surface area contributed by atoms with E-state index in [0.717, 1.165) is 70.6 Å². The largest absolute Gasteiger partial charge is 0.458 e. The highest BCUT2D eigenvalue weighted by atomic mass is 16.5. The summed E-state index contributed by atoms with van der Waals surface area (Å²) in [6.07, 6.45) is 61.4. The van der Waals surface area contributed by atoms with Gasteiger partial charge >= 0.3 is 5.97 Å². The van der Waals surface area contributed by atoms with Gasteiger partial charge in [-0.25, -0.2) is 0 Å². The number of carbonyl (C=O) groups excluding carboxylic acids is 2. The third-order valence-corrected chi connectivity index (χ3v) is 9.41. The van der Waals surface area contributed by atoms with Gasteiger partial charge in [0.05, 0.1) is 25.2 Å². The maximum Gasteiger partial charge on any atom is 0.306 e. The molecule has 0 bridgehead atoms. The number of ether oxygens (including phenoxy) is 1. The third kappa shape index (κ3) is 39.1. The van der Waals surface area contributed by atoms with Crippen LogP contribution in [-0.2, 0) is 14.3 Å². The van der Waals surface area contributed by atoms with E-state index in [9.17, 15) is 19.8 Å². The molecule has 0 saturated carbocycles. The average Bonchev–Trinajstić information content (AvgIpc) is 3.22. The number of rotatable bonds is 38. The summed E-state index contributed by atoms with van der Waals surface area (Å²) in [6.45, 7) is 6.13. The lowest BCUT2D eigenvalue weighted by Crippen LogP contribution is -2.46. The van der Waals surface area contributed by atoms with Gasteiger partial charge in [-0.2, -0.15) is 0 Å². The number of aliphatic hydroxyl groups is 2. The molecule has 0 aliphatic carbocycles. The normalized spacial score (nSPS) is 14.5. The summed E-state index contributed by atoms with van der Waals surface area (Å²) in [4.78, 5) is 25.9. The molecule has 0 saturated heterocycles. The SMILES string of the molecule is CC/C=C/C=C/C=C\C=C/C=C/CCCCCC(=O)OC(/C=C/C/C=C/C/C=C/C/C=C/C/C=C/CC)CC(=O)NC(CO)C(O)CCCCCCCCCCCC. The second-order valence-electron chi connectivity index (χ2n) is 14.8. The molecule has 0 heterocycles. The Labute approximate surface area is 355 Å². The van der Waals surface area contributed by atoms with Crippen molar-refractivity contribution in [3.8, 4) is 0 Å². The second kappa shape index (κ2) is 44.4. The molecule has 0 rings (SSSR count). The number of nitrogens with one attached hydrogen (secondary N) is 1. The Bertz CT molecular complexity index is 1260. The van der Waals surface area contributed by atoms with E-state index in [1.165, 1.54) is 44.9 Å². The number of esters is 1. The Morgan fingerprint density at radius 3 is 1.59 bits per heavy atom. The van der Waals surface area contributed by atoms with Crippen LogP contribution in [0.5, 0.6) is 0 Å². The quantitative estimate of drug-likeness (QED) is 0.0250. The van der Waals surface area contributed by atoms with Crippen LogP contribution in [0.25, 0.3) is 0 Å². The van der Waals surface area contributed by atoms with Gasteiger partial charge in [-0.15, -0.1) is 0 Å². The van der Waals surface area contributed by atoms with Gasteiger partial charge in [0.2, 0.25) is 5.91 Å². The summed E-state index contributed by atoms with van der Waals surface area (Å²) >= 11 is 0. The fourth-order valence-electron chi connectivity index (χ4n) is 6.00. The van der Waals surface area contributed by atoms with Crippen LogP contribution >= 0.6 is 0 Å². The topological polar surface area (TPSA) is 95.9 Å². The van der Waals surface area contributed by atoms with Crippen LogP contribution in [0.1, 0.15) is 168 Å². The van der Waals surface area contributed by atoms with Crippen molar-refractivity contribution in [2.24, 2.45) is 0 Å². The maximum atomic E-state index is 13.1. The monoisotopic (exact) mass is 802 g/mol. The van der Waals surface area contributed by atoms with Crippen molar-refractivity contribution >= 4 is 11.9 Å². The number of aliphatic hydroxyl groups excluding tert-OH is 2. The predicted octanol–water partition coefficient (Wildman–Crippen LogP) is 13.3. The standard InChI is InChI=1S/C52H83NO5/c1-4-7-10-13-16-19-22-24-26-28-30-33-36-39-42-45-52(57)58-48(43-40-37-34-31-29-27-25-23-20-17-14-11-8-5-2)46-51(56)53-49(47-54)50(55)44-41-38-35-32-21-18-15-12-9-6-3/h7-8,10-11,13,16-17,19-20,22,24-28,30-31,34,40,43,48-50,54-55H,4-6,9,12,14-15,18,21,23,29,32-33,35-39,41-42,44-47H2,1-3H3,(H,53,56)/b10-7+,11-8+,16-13+,20-17+,22-19-,26-24-,27-25+,30-28+,34-31+,43-40+. The van der Waals surface area contributed by atoms with Gasteiger partial charge in [-0.3, -0.25) is 9.59 Å². The maximum absolute atomic E-state index is 13.1. The number of unbranched alkanes of at least 4 members (excludes halogenated alkanes) is 12. The van der Waals surface area contributed by atoms with Crippen LogP contribution in [-0.4, -0.2) is 46.9 Å². The van der Waals surface area contributed by atoms with E-state index < -0.39 is 18.2 Å². The summed E-state index contributed by atoms with van der Waals surface area (Å²) < 4.78 is 5.77. The highest BCUT2D eigenvalue weighted by Crippen LogP contribution is 2.14. The van der Waals surface area contributed by atoms with Crippen molar-refractivity contribution in [1.82, 2.24) is 5.32 Å². The van der Waals surface area contributed by atoms with Crippen LogP contribution in [0.3, 0.4) is 0 Å². The Morgan fingerprint density at radius 2 is 1.03 bits per heavy atom. The first-order valence-corrected chi connectivity index (χ1v) is 22.8. The highest BCUT2D eigenvalue weighted by molar-refractivity contribution is 5.78. The van der Waals surface area contributed by atoms with Gasteiger partial charge in [0.1, 0.15) is 6.10 Å².